The molecule has 132 valence electrons. The Kier molecular flexibility index (Phi) is 5.91. The zero-order valence-corrected chi connectivity index (χ0v) is 14.1. The highest BCUT2D eigenvalue weighted by atomic mass is 16.6. The van der Waals surface area contributed by atoms with Crippen molar-refractivity contribution >= 4 is 5.91 Å². The molecule has 0 bridgehead atoms. The smallest absolute Gasteiger partial charge is 0.251 e. The van der Waals surface area contributed by atoms with Crippen molar-refractivity contribution in [2.75, 3.05) is 46.1 Å². The van der Waals surface area contributed by atoms with Crippen LogP contribution < -0.4 is 0 Å². The van der Waals surface area contributed by atoms with Gasteiger partial charge in [-0.2, -0.15) is 0 Å². The third-order valence-corrected chi connectivity index (χ3v) is 5.00. The Labute approximate surface area is 138 Å². The van der Waals surface area contributed by atoms with E-state index in [0.717, 1.165) is 38.9 Å². The first kappa shape index (κ1) is 17.1. The number of carbonyl (C=O) groups excluding carboxylic acids is 1. The molecule has 3 rings (SSSR count). The van der Waals surface area contributed by atoms with Crippen molar-refractivity contribution in [1.29, 1.82) is 0 Å². The monoisotopic (exact) mass is 327 g/mol. The Balaban J connectivity index is 1.48. The summed E-state index contributed by atoms with van der Waals surface area (Å²) >= 11 is 0. The van der Waals surface area contributed by atoms with Crippen molar-refractivity contribution in [2.45, 2.75) is 56.8 Å². The van der Waals surface area contributed by atoms with Gasteiger partial charge >= 0.3 is 0 Å². The van der Waals surface area contributed by atoms with E-state index < -0.39 is 6.10 Å². The minimum Gasteiger partial charge on any atom is -0.378 e. The van der Waals surface area contributed by atoms with Gasteiger partial charge in [0.05, 0.1) is 32.5 Å². The second-order valence-electron chi connectivity index (χ2n) is 6.91. The van der Waals surface area contributed by atoms with Gasteiger partial charge in [-0.15, -0.1) is 0 Å². The number of morpholine rings is 1. The van der Waals surface area contributed by atoms with Crippen LogP contribution in [0.1, 0.15) is 39.0 Å². The molecular formula is C17H29NO5. The summed E-state index contributed by atoms with van der Waals surface area (Å²) in [6, 6.07) is 0. The van der Waals surface area contributed by atoms with E-state index in [4.69, 9.17) is 18.9 Å². The average molecular weight is 327 g/mol. The molecule has 0 N–H and O–H groups in total. The van der Waals surface area contributed by atoms with E-state index in [1.165, 1.54) is 6.42 Å². The summed E-state index contributed by atoms with van der Waals surface area (Å²) in [5.74, 6) is 0.0501. The molecule has 1 amide bonds. The lowest BCUT2D eigenvalue weighted by molar-refractivity contribution is -0.183. The molecule has 6 heteroatoms. The fraction of sp³-hybridized carbons (Fsp3) is 0.941. The lowest BCUT2D eigenvalue weighted by atomic mass is 9.94. The Morgan fingerprint density at radius 2 is 2.22 bits per heavy atom. The number of amides is 1. The second-order valence-corrected chi connectivity index (χ2v) is 6.91. The molecule has 3 aliphatic rings. The number of hydrogen-bond donors (Lipinski definition) is 0. The van der Waals surface area contributed by atoms with E-state index >= 15 is 0 Å². The van der Waals surface area contributed by atoms with Gasteiger partial charge < -0.3 is 23.8 Å². The van der Waals surface area contributed by atoms with Crippen LogP contribution in [-0.2, 0) is 23.7 Å². The zero-order chi connectivity index (χ0) is 16.1. The van der Waals surface area contributed by atoms with Crippen LogP contribution in [0.25, 0.3) is 0 Å². The molecule has 0 aliphatic carbocycles. The van der Waals surface area contributed by atoms with E-state index in [1.807, 2.05) is 11.8 Å². The lowest BCUT2D eigenvalue weighted by Gasteiger charge is -2.45. The Bertz CT molecular complexity index is 385. The Morgan fingerprint density at radius 1 is 1.30 bits per heavy atom. The molecule has 3 atom stereocenters. The normalized spacial score (nSPS) is 33.6. The molecule has 0 aromatic rings. The van der Waals surface area contributed by atoms with Crippen LogP contribution in [0, 0.1) is 0 Å². The van der Waals surface area contributed by atoms with E-state index in [1.54, 1.807) is 0 Å². The highest BCUT2D eigenvalue weighted by Crippen LogP contribution is 2.28. The maximum Gasteiger partial charge on any atom is 0.251 e. The molecule has 0 radical (unpaired) electrons. The van der Waals surface area contributed by atoms with E-state index in [-0.39, 0.29) is 17.6 Å². The molecule has 23 heavy (non-hydrogen) atoms. The summed E-state index contributed by atoms with van der Waals surface area (Å²) in [4.78, 5) is 14.5. The quantitative estimate of drug-likeness (QED) is 0.780. The third-order valence-electron chi connectivity index (χ3n) is 5.00. The number of nitrogens with zero attached hydrogens (tertiary/aromatic N) is 1. The highest BCUT2D eigenvalue weighted by Gasteiger charge is 2.41. The molecule has 6 nitrogen and oxygen atoms in total. The fourth-order valence-electron chi connectivity index (χ4n) is 3.62. The molecule has 1 spiro atoms. The van der Waals surface area contributed by atoms with Crippen molar-refractivity contribution in [2.24, 2.45) is 0 Å². The standard InChI is InChI=1S/C17H29NO5/c1-14(22-11-15-5-2-3-9-21-15)16(19)18-7-10-23-17(12-18)6-4-8-20-13-17/h14-15H,2-13H2,1H3. The van der Waals surface area contributed by atoms with Crippen molar-refractivity contribution in [1.82, 2.24) is 4.90 Å². The van der Waals surface area contributed by atoms with E-state index in [2.05, 4.69) is 0 Å². The van der Waals surface area contributed by atoms with Crippen molar-refractivity contribution < 1.29 is 23.7 Å². The van der Waals surface area contributed by atoms with Gasteiger partial charge in [0.1, 0.15) is 11.7 Å². The molecular weight excluding hydrogens is 298 g/mol. The number of hydrogen-bond acceptors (Lipinski definition) is 5. The molecule has 3 heterocycles. The molecule has 3 saturated heterocycles. The van der Waals surface area contributed by atoms with Gasteiger partial charge in [-0.25, -0.2) is 0 Å². The molecule has 3 aliphatic heterocycles. The second kappa shape index (κ2) is 7.92. The van der Waals surface area contributed by atoms with Gasteiger partial charge in [0.2, 0.25) is 0 Å². The largest absolute Gasteiger partial charge is 0.378 e. The lowest BCUT2D eigenvalue weighted by Crippen LogP contribution is -2.58. The minimum absolute atomic E-state index is 0.0501. The SMILES string of the molecule is CC(OCC1CCCCO1)C(=O)N1CCOC2(CCCOC2)C1. The van der Waals surface area contributed by atoms with Gasteiger partial charge in [-0.1, -0.05) is 0 Å². The first-order valence-corrected chi connectivity index (χ1v) is 8.92. The molecule has 0 aromatic heterocycles. The minimum atomic E-state index is -0.430. The highest BCUT2D eigenvalue weighted by molar-refractivity contribution is 5.80. The first-order chi connectivity index (χ1) is 11.2. The predicted octanol–water partition coefficient (Wildman–Crippen LogP) is 1.37. The van der Waals surface area contributed by atoms with Gasteiger partial charge in [0.25, 0.3) is 5.91 Å². The van der Waals surface area contributed by atoms with Crippen LogP contribution >= 0.6 is 0 Å². The zero-order valence-electron chi connectivity index (χ0n) is 14.1. The summed E-state index contributed by atoms with van der Waals surface area (Å²) in [6.45, 7) is 6.35. The number of carbonyl (C=O) groups is 1. The van der Waals surface area contributed by atoms with Crippen LogP contribution in [-0.4, -0.2) is 74.7 Å². The summed E-state index contributed by atoms with van der Waals surface area (Å²) in [7, 11) is 0. The van der Waals surface area contributed by atoms with Gasteiger partial charge in [-0.05, 0) is 39.0 Å². The van der Waals surface area contributed by atoms with Crippen LogP contribution in [0.15, 0.2) is 0 Å². The van der Waals surface area contributed by atoms with Gasteiger partial charge in [0.15, 0.2) is 0 Å². The van der Waals surface area contributed by atoms with Crippen molar-refractivity contribution in [3.63, 3.8) is 0 Å². The third kappa shape index (κ3) is 4.44. The first-order valence-electron chi connectivity index (χ1n) is 8.92. The summed E-state index contributed by atoms with van der Waals surface area (Å²) in [5.41, 5.74) is -0.307. The van der Waals surface area contributed by atoms with Crippen LogP contribution in [0.2, 0.25) is 0 Å². The van der Waals surface area contributed by atoms with Crippen LogP contribution in [0.3, 0.4) is 0 Å². The van der Waals surface area contributed by atoms with Crippen molar-refractivity contribution in [3.8, 4) is 0 Å². The predicted molar refractivity (Wildman–Crippen MR) is 84.3 cm³/mol. The average Bonchev–Trinajstić information content (AvgIpc) is 2.60. The van der Waals surface area contributed by atoms with Crippen LogP contribution in [0.4, 0.5) is 0 Å². The summed E-state index contributed by atoms with van der Waals surface area (Å²) in [6.07, 6.45) is 5.00. The molecule has 0 aromatic carbocycles. The number of ether oxygens (including phenoxy) is 4. The summed E-state index contributed by atoms with van der Waals surface area (Å²) < 4.78 is 23.0. The maximum absolute atomic E-state index is 12.7. The van der Waals surface area contributed by atoms with E-state index in [9.17, 15) is 4.79 Å². The molecule has 3 fully saturated rings. The fourth-order valence-corrected chi connectivity index (χ4v) is 3.62. The van der Waals surface area contributed by atoms with Gasteiger partial charge in [-0.3, -0.25) is 4.79 Å². The van der Waals surface area contributed by atoms with Crippen LogP contribution in [0.5, 0.6) is 0 Å². The topological polar surface area (TPSA) is 57.2 Å². The maximum atomic E-state index is 12.7. The Morgan fingerprint density at radius 3 is 2.96 bits per heavy atom. The number of rotatable bonds is 4. The van der Waals surface area contributed by atoms with Crippen molar-refractivity contribution in [3.05, 3.63) is 0 Å². The molecule has 3 unspecified atom stereocenters. The van der Waals surface area contributed by atoms with Gasteiger partial charge in [0, 0.05) is 19.8 Å². The summed E-state index contributed by atoms with van der Waals surface area (Å²) in [5, 5.41) is 0. The Hall–Kier alpha value is -0.690. The molecule has 0 saturated carbocycles. The van der Waals surface area contributed by atoms with E-state index in [0.29, 0.717) is 32.9 Å².